The second kappa shape index (κ2) is 14.0. The molecule has 3 rings (SSSR count). The van der Waals surface area contributed by atoms with Crippen molar-refractivity contribution in [2.75, 3.05) is 29.6 Å². The molecule has 0 spiro atoms. The Bertz CT molecular complexity index is 1270. The number of hydrogen-bond donors (Lipinski definition) is 4. The average Bonchev–Trinajstić information content (AvgIpc) is 2.91. The maximum absolute atomic E-state index is 12.9. The third-order valence-electron chi connectivity index (χ3n) is 6.20. The Labute approximate surface area is 229 Å². The molecule has 0 saturated carbocycles. The fraction of sp³-hybridized carbons (Fsp3) is 0.290. The van der Waals surface area contributed by atoms with Gasteiger partial charge in [0, 0.05) is 11.1 Å². The van der Waals surface area contributed by atoms with Crippen molar-refractivity contribution in [2.24, 2.45) is 5.41 Å². The van der Waals surface area contributed by atoms with E-state index in [4.69, 9.17) is 20.3 Å². The first-order chi connectivity index (χ1) is 18.7. The number of benzene rings is 3. The van der Waals surface area contributed by atoms with Crippen molar-refractivity contribution in [3.8, 4) is 5.75 Å². The molecule has 0 radical (unpaired) electrons. The van der Waals surface area contributed by atoms with Gasteiger partial charge in [0.25, 0.3) is 0 Å². The first-order valence-corrected chi connectivity index (χ1v) is 12.9. The van der Waals surface area contributed by atoms with Crippen molar-refractivity contribution >= 4 is 29.1 Å². The van der Waals surface area contributed by atoms with E-state index in [-0.39, 0.29) is 19.1 Å². The van der Waals surface area contributed by atoms with Crippen LogP contribution in [0.4, 0.5) is 21.9 Å². The van der Waals surface area contributed by atoms with Crippen molar-refractivity contribution in [3.63, 3.8) is 0 Å². The van der Waals surface area contributed by atoms with Crippen molar-refractivity contribution in [3.05, 3.63) is 96.1 Å². The summed E-state index contributed by atoms with van der Waals surface area (Å²) in [5.41, 5.74) is 8.92. The van der Waals surface area contributed by atoms with Crippen molar-refractivity contribution in [1.82, 2.24) is 0 Å². The molecule has 2 amide bonds. The predicted molar refractivity (Wildman–Crippen MR) is 155 cm³/mol. The third-order valence-corrected chi connectivity index (χ3v) is 6.20. The van der Waals surface area contributed by atoms with Gasteiger partial charge in [-0.2, -0.15) is 0 Å². The van der Waals surface area contributed by atoms with Gasteiger partial charge >= 0.3 is 6.09 Å². The lowest BCUT2D eigenvalue weighted by Gasteiger charge is -2.34. The molecule has 39 heavy (non-hydrogen) atoms. The molecule has 3 aromatic carbocycles. The average molecular weight is 532 g/mol. The molecule has 206 valence electrons. The number of allylic oxidation sites excluding steroid dienone is 1. The number of rotatable bonds is 12. The minimum Gasteiger partial charge on any atom is -0.491 e. The summed E-state index contributed by atoms with van der Waals surface area (Å²) >= 11 is 0. The van der Waals surface area contributed by atoms with Crippen LogP contribution in [0.15, 0.2) is 84.9 Å². The van der Waals surface area contributed by atoms with Crippen molar-refractivity contribution in [2.45, 2.75) is 39.7 Å². The maximum Gasteiger partial charge on any atom is 0.412 e. The Morgan fingerprint density at radius 2 is 1.77 bits per heavy atom. The second-order valence-electron chi connectivity index (χ2n) is 9.93. The second-order valence-corrected chi connectivity index (χ2v) is 9.93. The molecule has 3 aromatic rings. The van der Waals surface area contributed by atoms with Gasteiger partial charge in [-0.25, -0.2) is 4.79 Å². The van der Waals surface area contributed by atoms with E-state index in [1.165, 1.54) is 6.08 Å². The topological polar surface area (TPSA) is 123 Å². The van der Waals surface area contributed by atoms with E-state index in [1.807, 2.05) is 63.2 Å². The van der Waals surface area contributed by atoms with Gasteiger partial charge in [-0.3, -0.25) is 10.1 Å². The minimum absolute atomic E-state index is 0.106. The largest absolute Gasteiger partial charge is 0.491 e. The lowest BCUT2D eigenvalue weighted by molar-refractivity contribution is -0.111. The Kier molecular flexibility index (Phi) is 10.5. The number of aliphatic hydroxyl groups excluding tert-OH is 1. The Hall–Kier alpha value is -4.30. The van der Waals surface area contributed by atoms with E-state index >= 15 is 0 Å². The van der Waals surface area contributed by atoms with Crippen LogP contribution in [-0.4, -0.2) is 30.3 Å². The highest BCUT2D eigenvalue weighted by atomic mass is 16.6. The van der Waals surface area contributed by atoms with Crippen LogP contribution < -0.4 is 21.1 Å². The third kappa shape index (κ3) is 9.19. The number of aryl methyl sites for hydroxylation is 1. The molecule has 0 aliphatic heterocycles. The standard InChI is InChI=1S/C31H37N3O5/c1-22-14-16-24(17-15-22)33-30(37)39-29(23-9-8-10-25(21-23)38-20-19-35)31(2,3)18-7-6-13-28(36)34-27-12-5-4-11-26(27)32/h4-6,8-17,21,29,35H,7,18-20,32H2,1-3H3,(H,33,37)(H,34,36)/b13-6+/t29-/m1/s1. The highest BCUT2D eigenvalue weighted by Crippen LogP contribution is 2.41. The lowest BCUT2D eigenvalue weighted by Crippen LogP contribution is -2.29. The predicted octanol–water partition coefficient (Wildman–Crippen LogP) is 6.24. The Morgan fingerprint density at radius 1 is 1.03 bits per heavy atom. The molecule has 1 atom stereocenters. The van der Waals surface area contributed by atoms with E-state index in [2.05, 4.69) is 10.6 Å². The van der Waals surface area contributed by atoms with E-state index in [0.717, 1.165) is 11.1 Å². The maximum atomic E-state index is 12.9. The molecule has 0 aromatic heterocycles. The highest BCUT2D eigenvalue weighted by molar-refractivity contribution is 6.01. The van der Waals surface area contributed by atoms with Crippen molar-refractivity contribution < 1.29 is 24.2 Å². The summed E-state index contributed by atoms with van der Waals surface area (Å²) in [4.78, 5) is 25.3. The van der Waals surface area contributed by atoms with Crippen molar-refractivity contribution in [1.29, 1.82) is 0 Å². The molecule has 8 heteroatoms. The number of carbonyl (C=O) groups excluding carboxylic acids is 2. The van der Waals surface area contributed by atoms with Crippen LogP contribution in [0.1, 0.15) is 43.9 Å². The van der Waals surface area contributed by atoms with Gasteiger partial charge in [0.1, 0.15) is 18.5 Å². The van der Waals surface area contributed by atoms with Gasteiger partial charge in [0.2, 0.25) is 5.91 Å². The first kappa shape index (κ1) is 29.3. The summed E-state index contributed by atoms with van der Waals surface area (Å²) in [5, 5.41) is 14.7. The first-order valence-electron chi connectivity index (χ1n) is 12.9. The Morgan fingerprint density at radius 3 is 2.49 bits per heavy atom. The fourth-order valence-corrected chi connectivity index (χ4v) is 4.06. The summed E-state index contributed by atoms with van der Waals surface area (Å²) in [5.74, 6) is 0.298. The number of anilines is 3. The van der Waals surface area contributed by atoms with Crippen LogP contribution in [0.5, 0.6) is 5.75 Å². The van der Waals surface area contributed by atoms with Gasteiger partial charge in [-0.1, -0.05) is 61.9 Å². The van der Waals surface area contributed by atoms with Crippen LogP contribution in [0.25, 0.3) is 0 Å². The van der Waals surface area contributed by atoms with E-state index < -0.39 is 17.6 Å². The molecule has 0 heterocycles. The molecule has 5 N–H and O–H groups in total. The van der Waals surface area contributed by atoms with Gasteiger partial charge in [-0.15, -0.1) is 0 Å². The number of nitrogens with one attached hydrogen (secondary N) is 2. The zero-order chi connectivity index (χ0) is 28.3. The van der Waals surface area contributed by atoms with Crippen LogP contribution >= 0.6 is 0 Å². The molecule has 0 aliphatic carbocycles. The van der Waals surface area contributed by atoms with Gasteiger partial charge in [0.05, 0.1) is 18.0 Å². The highest BCUT2D eigenvalue weighted by Gasteiger charge is 2.34. The number of carbonyl (C=O) groups is 2. The summed E-state index contributed by atoms with van der Waals surface area (Å²) in [6.45, 7) is 6.05. The zero-order valence-corrected chi connectivity index (χ0v) is 22.6. The summed E-state index contributed by atoms with van der Waals surface area (Å²) in [7, 11) is 0. The Balaban J connectivity index is 1.71. The van der Waals surface area contributed by atoms with E-state index in [9.17, 15) is 9.59 Å². The van der Waals surface area contributed by atoms with Gasteiger partial charge < -0.3 is 25.6 Å². The van der Waals surface area contributed by atoms with Crippen LogP contribution in [0.2, 0.25) is 0 Å². The molecule has 0 fully saturated rings. The molecule has 8 nitrogen and oxygen atoms in total. The van der Waals surface area contributed by atoms with Gasteiger partial charge in [-0.05, 0) is 67.8 Å². The number of ether oxygens (including phenoxy) is 2. The number of para-hydroxylation sites is 2. The minimum atomic E-state index is -0.619. The smallest absolute Gasteiger partial charge is 0.412 e. The quantitative estimate of drug-likeness (QED) is 0.162. The lowest BCUT2D eigenvalue weighted by atomic mass is 9.78. The summed E-state index contributed by atoms with van der Waals surface area (Å²) in [6.07, 6.45) is 3.27. The SMILES string of the molecule is Cc1ccc(NC(=O)O[C@H](c2cccc(OCCO)c2)C(C)(C)CC/C=C/C(=O)Nc2ccccc2N)cc1. The number of amides is 2. The number of hydrogen-bond acceptors (Lipinski definition) is 6. The summed E-state index contributed by atoms with van der Waals surface area (Å²) < 4.78 is 11.6. The molecule has 0 saturated heterocycles. The van der Waals surface area contributed by atoms with Crippen LogP contribution in [0, 0.1) is 12.3 Å². The summed E-state index contributed by atoms with van der Waals surface area (Å²) in [6, 6.07) is 21.8. The number of nitrogen functional groups attached to an aromatic ring is 1. The van der Waals surface area contributed by atoms with Crippen LogP contribution in [0.3, 0.4) is 0 Å². The molecule has 0 aliphatic rings. The monoisotopic (exact) mass is 531 g/mol. The number of aliphatic hydroxyl groups is 1. The number of nitrogens with two attached hydrogens (primary N) is 1. The van der Waals surface area contributed by atoms with E-state index in [1.54, 1.807) is 36.4 Å². The molecule has 0 bridgehead atoms. The molecule has 0 unspecified atom stereocenters. The van der Waals surface area contributed by atoms with Gasteiger partial charge in [0.15, 0.2) is 0 Å². The molecular formula is C31H37N3O5. The molecular weight excluding hydrogens is 494 g/mol. The van der Waals surface area contributed by atoms with E-state index in [0.29, 0.717) is 35.7 Å². The fourth-order valence-electron chi connectivity index (χ4n) is 4.06. The van der Waals surface area contributed by atoms with Crippen LogP contribution in [-0.2, 0) is 9.53 Å². The zero-order valence-electron chi connectivity index (χ0n) is 22.6. The normalized spacial score (nSPS) is 12.1.